The van der Waals surface area contributed by atoms with E-state index in [9.17, 15) is 14.7 Å². The Balaban J connectivity index is 1.95. The molecule has 2 N–H and O–H groups in total. The molecule has 2 saturated carbocycles. The normalized spacial score (nSPS) is 23.6. The number of carbonyl (C=O) groups is 2. The first-order chi connectivity index (χ1) is 9.57. The SMILES string of the molecule is CCC(CC1CCCC1)C(=O)NC1(C(=O)O)CCCC1. The van der Waals surface area contributed by atoms with Crippen LogP contribution in [0, 0.1) is 11.8 Å². The van der Waals surface area contributed by atoms with E-state index >= 15 is 0 Å². The predicted molar refractivity (Wildman–Crippen MR) is 77.3 cm³/mol. The van der Waals surface area contributed by atoms with Crippen LogP contribution in [0.2, 0.25) is 0 Å². The highest BCUT2D eigenvalue weighted by molar-refractivity contribution is 5.88. The van der Waals surface area contributed by atoms with E-state index in [2.05, 4.69) is 5.32 Å². The Morgan fingerprint density at radius 2 is 1.80 bits per heavy atom. The minimum absolute atomic E-state index is 0.0186. The first-order valence-electron chi connectivity index (χ1n) is 8.13. The van der Waals surface area contributed by atoms with E-state index in [-0.39, 0.29) is 11.8 Å². The maximum atomic E-state index is 12.5. The van der Waals surface area contributed by atoms with Crippen molar-refractivity contribution in [3.05, 3.63) is 0 Å². The highest BCUT2D eigenvalue weighted by Gasteiger charge is 2.43. The van der Waals surface area contributed by atoms with Crippen LogP contribution in [-0.4, -0.2) is 22.5 Å². The molecule has 0 saturated heterocycles. The molecule has 0 bridgehead atoms. The van der Waals surface area contributed by atoms with Crippen LogP contribution >= 0.6 is 0 Å². The summed E-state index contributed by atoms with van der Waals surface area (Å²) in [4.78, 5) is 24.0. The second-order valence-electron chi connectivity index (χ2n) is 6.57. The molecule has 2 aliphatic carbocycles. The lowest BCUT2D eigenvalue weighted by Gasteiger charge is -2.28. The quantitative estimate of drug-likeness (QED) is 0.786. The summed E-state index contributed by atoms with van der Waals surface area (Å²) >= 11 is 0. The number of carboxylic acids is 1. The molecule has 0 spiro atoms. The molecule has 4 heteroatoms. The van der Waals surface area contributed by atoms with Crippen molar-refractivity contribution < 1.29 is 14.7 Å². The van der Waals surface area contributed by atoms with Gasteiger partial charge in [0.05, 0.1) is 0 Å². The van der Waals surface area contributed by atoms with Crippen LogP contribution in [0.1, 0.15) is 71.1 Å². The highest BCUT2D eigenvalue weighted by atomic mass is 16.4. The Bertz CT molecular complexity index is 355. The molecule has 20 heavy (non-hydrogen) atoms. The molecule has 0 aromatic heterocycles. The van der Waals surface area contributed by atoms with Gasteiger partial charge < -0.3 is 10.4 Å². The van der Waals surface area contributed by atoms with Gasteiger partial charge in [0.2, 0.25) is 5.91 Å². The van der Waals surface area contributed by atoms with Crippen LogP contribution in [0.15, 0.2) is 0 Å². The third-order valence-corrected chi connectivity index (χ3v) is 5.19. The fourth-order valence-corrected chi connectivity index (χ4v) is 3.82. The molecule has 114 valence electrons. The van der Waals surface area contributed by atoms with Gasteiger partial charge in [-0.05, 0) is 31.6 Å². The van der Waals surface area contributed by atoms with E-state index < -0.39 is 11.5 Å². The number of carbonyl (C=O) groups excluding carboxylic acids is 1. The molecule has 0 radical (unpaired) electrons. The fourth-order valence-electron chi connectivity index (χ4n) is 3.82. The largest absolute Gasteiger partial charge is 0.480 e. The zero-order valence-corrected chi connectivity index (χ0v) is 12.5. The summed E-state index contributed by atoms with van der Waals surface area (Å²) in [7, 11) is 0. The maximum Gasteiger partial charge on any atom is 0.329 e. The molecule has 0 heterocycles. The molecule has 1 amide bonds. The van der Waals surface area contributed by atoms with Crippen molar-refractivity contribution in [2.24, 2.45) is 11.8 Å². The molecule has 1 unspecified atom stereocenters. The Hall–Kier alpha value is -1.06. The molecular formula is C16H27NO3. The maximum absolute atomic E-state index is 12.5. The molecule has 1 atom stereocenters. The summed E-state index contributed by atoms with van der Waals surface area (Å²) in [5, 5.41) is 12.3. The molecule has 2 fully saturated rings. The second-order valence-corrected chi connectivity index (χ2v) is 6.57. The Kier molecular flexibility index (Phi) is 5.06. The van der Waals surface area contributed by atoms with Crippen LogP contribution < -0.4 is 5.32 Å². The van der Waals surface area contributed by atoms with E-state index in [1.54, 1.807) is 0 Å². The minimum Gasteiger partial charge on any atom is -0.480 e. The summed E-state index contributed by atoms with van der Waals surface area (Å²) in [6, 6.07) is 0. The van der Waals surface area contributed by atoms with Crippen LogP contribution in [0.3, 0.4) is 0 Å². The lowest BCUT2D eigenvalue weighted by atomic mass is 9.89. The van der Waals surface area contributed by atoms with Crippen molar-refractivity contribution in [1.82, 2.24) is 5.32 Å². The molecule has 0 aliphatic heterocycles. The zero-order chi connectivity index (χ0) is 14.6. The van der Waals surface area contributed by atoms with Gasteiger partial charge in [-0.15, -0.1) is 0 Å². The van der Waals surface area contributed by atoms with Crippen molar-refractivity contribution in [1.29, 1.82) is 0 Å². The van der Waals surface area contributed by atoms with E-state index in [0.717, 1.165) is 25.7 Å². The predicted octanol–water partition coefficient (Wildman–Crippen LogP) is 3.11. The van der Waals surface area contributed by atoms with Gasteiger partial charge in [-0.25, -0.2) is 4.79 Å². The third kappa shape index (κ3) is 3.33. The number of hydrogen-bond acceptors (Lipinski definition) is 2. The van der Waals surface area contributed by atoms with Gasteiger partial charge in [-0.2, -0.15) is 0 Å². The highest BCUT2D eigenvalue weighted by Crippen LogP contribution is 2.33. The van der Waals surface area contributed by atoms with Crippen molar-refractivity contribution in [2.75, 3.05) is 0 Å². The van der Waals surface area contributed by atoms with Gasteiger partial charge in [0.1, 0.15) is 5.54 Å². The van der Waals surface area contributed by atoms with Crippen molar-refractivity contribution >= 4 is 11.9 Å². The van der Waals surface area contributed by atoms with Gasteiger partial charge >= 0.3 is 5.97 Å². The number of carboxylic acid groups (broad SMARTS) is 1. The van der Waals surface area contributed by atoms with Crippen LogP contribution in [0.5, 0.6) is 0 Å². The molecule has 0 aromatic carbocycles. The van der Waals surface area contributed by atoms with Crippen molar-refractivity contribution in [3.63, 3.8) is 0 Å². The van der Waals surface area contributed by atoms with Crippen molar-refractivity contribution in [3.8, 4) is 0 Å². The third-order valence-electron chi connectivity index (χ3n) is 5.19. The fraction of sp³-hybridized carbons (Fsp3) is 0.875. The standard InChI is InChI=1S/C16H27NO3/c1-2-13(11-12-7-3-4-8-12)14(18)17-16(15(19)20)9-5-6-10-16/h12-13H,2-11H2,1H3,(H,17,18)(H,19,20). The summed E-state index contributed by atoms with van der Waals surface area (Å²) in [5.74, 6) is -0.257. The topological polar surface area (TPSA) is 66.4 Å². The van der Waals surface area contributed by atoms with Crippen molar-refractivity contribution in [2.45, 2.75) is 76.7 Å². The number of amides is 1. The summed E-state index contributed by atoms with van der Waals surface area (Å²) in [6.45, 7) is 2.03. The average molecular weight is 281 g/mol. The number of aliphatic carboxylic acids is 1. The molecule has 0 aromatic rings. The zero-order valence-electron chi connectivity index (χ0n) is 12.5. The summed E-state index contributed by atoms with van der Waals surface area (Å²) in [6.07, 6.45) is 9.70. The summed E-state index contributed by atoms with van der Waals surface area (Å²) in [5.41, 5.74) is -0.986. The van der Waals surface area contributed by atoms with E-state index in [1.165, 1.54) is 25.7 Å². The van der Waals surface area contributed by atoms with Crippen LogP contribution in [-0.2, 0) is 9.59 Å². The van der Waals surface area contributed by atoms with Crippen LogP contribution in [0.25, 0.3) is 0 Å². The number of hydrogen-bond donors (Lipinski definition) is 2. The smallest absolute Gasteiger partial charge is 0.329 e. The van der Waals surface area contributed by atoms with E-state index in [4.69, 9.17) is 0 Å². The van der Waals surface area contributed by atoms with Gasteiger partial charge in [-0.1, -0.05) is 45.4 Å². The molecule has 2 rings (SSSR count). The summed E-state index contributed by atoms with van der Waals surface area (Å²) < 4.78 is 0. The molecule has 4 nitrogen and oxygen atoms in total. The first kappa shape index (κ1) is 15.3. The minimum atomic E-state index is -0.986. The van der Waals surface area contributed by atoms with Gasteiger partial charge in [-0.3, -0.25) is 4.79 Å². The first-order valence-corrected chi connectivity index (χ1v) is 8.13. The Morgan fingerprint density at radius 1 is 1.20 bits per heavy atom. The average Bonchev–Trinajstić information content (AvgIpc) is 3.07. The molecule has 2 aliphatic rings. The second kappa shape index (κ2) is 6.59. The Morgan fingerprint density at radius 3 is 2.30 bits per heavy atom. The lowest BCUT2D eigenvalue weighted by Crippen LogP contribution is -2.54. The molecular weight excluding hydrogens is 254 g/mol. The Labute approximate surface area is 121 Å². The number of nitrogens with one attached hydrogen (secondary N) is 1. The van der Waals surface area contributed by atoms with Crippen LogP contribution in [0.4, 0.5) is 0 Å². The van der Waals surface area contributed by atoms with E-state index in [1.807, 2.05) is 6.92 Å². The van der Waals surface area contributed by atoms with Gasteiger partial charge in [0, 0.05) is 5.92 Å². The lowest BCUT2D eigenvalue weighted by molar-refractivity contribution is -0.148. The monoisotopic (exact) mass is 281 g/mol. The van der Waals surface area contributed by atoms with Gasteiger partial charge in [0.15, 0.2) is 0 Å². The van der Waals surface area contributed by atoms with E-state index in [0.29, 0.717) is 18.8 Å². The number of rotatable bonds is 6. The van der Waals surface area contributed by atoms with Gasteiger partial charge in [0.25, 0.3) is 0 Å².